The third-order valence-electron chi connectivity index (χ3n) is 3.74. The van der Waals surface area contributed by atoms with Crippen LogP contribution in [-0.4, -0.2) is 25.5 Å². The first kappa shape index (κ1) is 13.7. The van der Waals surface area contributed by atoms with Crippen LogP contribution < -0.4 is 9.64 Å². The molecule has 0 saturated carbocycles. The molecule has 3 heteroatoms. The van der Waals surface area contributed by atoms with Gasteiger partial charge in [-0.1, -0.05) is 42.0 Å². The lowest BCUT2D eigenvalue weighted by Gasteiger charge is -2.22. The van der Waals surface area contributed by atoms with Gasteiger partial charge in [-0.15, -0.1) is 0 Å². The number of carbonyl (C=O) groups is 1. The number of para-hydroxylation sites is 2. The molecule has 0 N–H and O–H groups in total. The van der Waals surface area contributed by atoms with Crippen LogP contribution in [0, 0.1) is 6.92 Å². The Labute approximate surface area is 125 Å². The molecule has 0 radical (unpaired) electrons. The molecule has 0 fully saturated rings. The maximum absolute atomic E-state index is 12.5. The van der Waals surface area contributed by atoms with Gasteiger partial charge in [0.15, 0.2) is 5.78 Å². The zero-order valence-corrected chi connectivity index (χ0v) is 12.2. The van der Waals surface area contributed by atoms with E-state index in [4.69, 9.17) is 4.74 Å². The van der Waals surface area contributed by atoms with Crippen molar-refractivity contribution in [1.29, 1.82) is 0 Å². The fourth-order valence-corrected chi connectivity index (χ4v) is 2.57. The fraction of sp³-hybridized carbons (Fsp3) is 0.278. The third-order valence-corrected chi connectivity index (χ3v) is 3.74. The second-order valence-electron chi connectivity index (χ2n) is 5.38. The van der Waals surface area contributed by atoms with Crippen LogP contribution in [0.25, 0.3) is 0 Å². The first-order valence-electron chi connectivity index (χ1n) is 7.31. The van der Waals surface area contributed by atoms with Crippen LogP contribution in [-0.2, 0) is 0 Å². The van der Waals surface area contributed by atoms with Gasteiger partial charge < -0.3 is 9.64 Å². The minimum Gasteiger partial charge on any atom is -0.491 e. The highest BCUT2D eigenvalue weighted by Gasteiger charge is 2.18. The van der Waals surface area contributed by atoms with E-state index in [9.17, 15) is 4.79 Å². The molecule has 2 aromatic carbocycles. The minimum atomic E-state index is 0.145. The Morgan fingerprint density at radius 2 is 1.90 bits per heavy atom. The molecule has 0 spiro atoms. The van der Waals surface area contributed by atoms with Gasteiger partial charge in [-0.05, 0) is 25.5 Å². The van der Waals surface area contributed by atoms with E-state index in [0.29, 0.717) is 13.2 Å². The number of nitrogens with zero attached hydrogens (tertiary/aromatic N) is 1. The zero-order valence-electron chi connectivity index (χ0n) is 12.2. The molecule has 0 atom stereocenters. The minimum absolute atomic E-state index is 0.145. The number of Topliss-reactive ketones (excluding diaryl/α,β-unsaturated/α-hetero) is 1. The number of ether oxygens (including phenoxy) is 1. The van der Waals surface area contributed by atoms with E-state index in [2.05, 4.69) is 4.90 Å². The summed E-state index contributed by atoms with van der Waals surface area (Å²) in [6.45, 7) is 3.96. The lowest BCUT2D eigenvalue weighted by atomic mass is 10.1. The summed E-state index contributed by atoms with van der Waals surface area (Å²) in [7, 11) is 0. The number of benzene rings is 2. The molecule has 0 aliphatic carbocycles. The van der Waals surface area contributed by atoms with Crippen molar-refractivity contribution in [3.05, 3.63) is 59.7 Å². The van der Waals surface area contributed by atoms with Crippen LogP contribution >= 0.6 is 0 Å². The highest BCUT2D eigenvalue weighted by molar-refractivity contribution is 5.99. The maximum Gasteiger partial charge on any atom is 0.182 e. The molecule has 3 rings (SSSR count). The van der Waals surface area contributed by atoms with E-state index in [1.165, 1.54) is 5.56 Å². The summed E-state index contributed by atoms with van der Waals surface area (Å²) in [5, 5.41) is 0. The lowest BCUT2D eigenvalue weighted by molar-refractivity contribution is 0.0999. The van der Waals surface area contributed by atoms with Gasteiger partial charge >= 0.3 is 0 Å². The molecule has 2 aromatic rings. The summed E-state index contributed by atoms with van der Waals surface area (Å²) < 4.78 is 5.73. The molecular weight excluding hydrogens is 262 g/mol. The molecule has 3 nitrogen and oxygen atoms in total. The van der Waals surface area contributed by atoms with Crippen LogP contribution in [0.2, 0.25) is 0 Å². The Balaban J connectivity index is 1.81. The number of anilines is 1. The van der Waals surface area contributed by atoms with Gasteiger partial charge in [0.1, 0.15) is 5.75 Å². The second kappa shape index (κ2) is 6.00. The van der Waals surface area contributed by atoms with Crippen molar-refractivity contribution >= 4 is 11.5 Å². The van der Waals surface area contributed by atoms with E-state index < -0.39 is 0 Å². The topological polar surface area (TPSA) is 29.5 Å². The number of hydrogen-bond donors (Lipinski definition) is 0. The number of rotatable bonds is 3. The van der Waals surface area contributed by atoms with Crippen molar-refractivity contribution < 1.29 is 9.53 Å². The summed E-state index contributed by atoms with van der Waals surface area (Å²) in [6.07, 6.45) is 0.926. The molecular formula is C18H19NO2. The first-order chi connectivity index (χ1) is 10.2. The molecule has 0 aromatic heterocycles. The molecule has 1 aliphatic rings. The van der Waals surface area contributed by atoms with Crippen LogP contribution in [0.15, 0.2) is 48.5 Å². The maximum atomic E-state index is 12.5. The lowest BCUT2D eigenvalue weighted by Crippen LogP contribution is -2.30. The van der Waals surface area contributed by atoms with Crippen molar-refractivity contribution in [2.75, 3.05) is 24.6 Å². The van der Waals surface area contributed by atoms with E-state index in [-0.39, 0.29) is 5.78 Å². The van der Waals surface area contributed by atoms with Gasteiger partial charge in [-0.25, -0.2) is 0 Å². The fourth-order valence-electron chi connectivity index (χ4n) is 2.57. The Bertz CT molecular complexity index is 634. The smallest absolute Gasteiger partial charge is 0.182 e. The average molecular weight is 281 g/mol. The number of fused-ring (bicyclic) bond motifs is 1. The highest BCUT2D eigenvalue weighted by atomic mass is 16.5. The Kier molecular flexibility index (Phi) is 3.91. The van der Waals surface area contributed by atoms with E-state index in [0.717, 1.165) is 30.0 Å². The molecule has 0 bridgehead atoms. The molecule has 1 heterocycles. The van der Waals surface area contributed by atoms with Crippen molar-refractivity contribution in [2.24, 2.45) is 0 Å². The highest BCUT2D eigenvalue weighted by Crippen LogP contribution is 2.30. The Morgan fingerprint density at radius 1 is 1.14 bits per heavy atom. The normalized spacial score (nSPS) is 14.0. The van der Waals surface area contributed by atoms with Crippen molar-refractivity contribution in [3.63, 3.8) is 0 Å². The van der Waals surface area contributed by atoms with Gasteiger partial charge in [0.2, 0.25) is 0 Å². The summed E-state index contributed by atoms with van der Waals surface area (Å²) >= 11 is 0. The molecule has 0 unspecified atom stereocenters. The van der Waals surface area contributed by atoms with Crippen molar-refractivity contribution in [3.8, 4) is 5.75 Å². The van der Waals surface area contributed by atoms with E-state index in [1.54, 1.807) is 0 Å². The van der Waals surface area contributed by atoms with E-state index >= 15 is 0 Å². The number of aryl methyl sites for hydroxylation is 1. The van der Waals surface area contributed by atoms with Gasteiger partial charge in [-0.2, -0.15) is 0 Å². The van der Waals surface area contributed by atoms with Crippen LogP contribution in [0.1, 0.15) is 22.3 Å². The summed E-state index contributed by atoms with van der Waals surface area (Å²) in [5.74, 6) is 1.01. The Morgan fingerprint density at radius 3 is 2.71 bits per heavy atom. The standard InChI is InChI=1S/C18H19NO2/c1-14-7-9-15(10-8-14)17(20)13-19-11-4-12-21-18-6-3-2-5-16(18)19/h2-3,5-10H,4,11-13H2,1H3. The van der Waals surface area contributed by atoms with Gasteiger partial charge in [-0.3, -0.25) is 4.79 Å². The third kappa shape index (κ3) is 3.07. The SMILES string of the molecule is Cc1ccc(C(=O)CN2CCCOc3ccccc32)cc1. The molecule has 0 saturated heterocycles. The van der Waals surface area contributed by atoms with Gasteiger partial charge in [0.05, 0.1) is 18.8 Å². The predicted molar refractivity (Wildman–Crippen MR) is 84.3 cm³/mol. The largest absolute Gasteiger partial charge is 0.491 e. The zero-order chi connectivity index (χ0) is 14.7. The van der Waals surface area contributed by atoms with Crippen molar-refractivity contribution in [1.82, 2.24) is 0 Å². The number of carbonyl (C=O) groups excluding carboxylic acids is 1. The first-order valence-corrected chi connectivity index (χ1v) is 7.31. The van der Waals surface area contributed by atoms with Crippen molar-refractivity contribution in [2.45, 2.75) is 13.3 Å². The summed E-state index contributed by atoms with van der Waals surface area (Å²) in [5.41, 5.74) is 2.94. The summed E-state index contributed by atoms with van der Waals surface area (Å²) in [6, 6.07) is 15.7. The quantitative estimate of drug-likeness (QED) is 0.807. The van der Waals surface area contributed by atoms with E-state index in [1.807, 2.05) is 55.5 Å². The second-order valence-corrected chi connectivity index (χ2v) is 5.38. The Hall–Kier alpha value is -2.29. The molecule has 21 heavy (non-hydrogen) atoms. The number of ketones is 1. The molecule has 108 valence electrons. The van der Waals surface area contributed by atoms with Gasteiger partial charge in [0.25, 0.3) is 0 Å². The molecule has 0 amide bonds. The monoisotopic (exact) mass is 281 g/mol. The van der Waals surface area contributed by atoms with Gasteiger partial charge in [0, 0.05) is 12.1 Å². The number of hydrogen-bond acceptors (Lipinski definition) is 3. The summed E-state index contributed by atoms with van der Waals surface area (Å²) in [4.78, 5) is 14.6. The van der Waals surface area contributed by atoms with Crippen LogP contribution in [0.4, 0.5) is 5.69 Å². The van der Waals surface area contributed by atoms with Crippen LogP contribution in [0.3, 0.4) is 0 Å². The van der Waals surface area contributed by atoms with Crippen LogP contribution in [0.5, 0.6) is 5.75 Å². The molecule has 1 aliphatic heterocycles. The average Bonchev–Trinajstić information content (AvgIpc) is 2.71. The predicted octanol–water partition coefficient (Wildman–Crippen LogP) is 3.47.